The molecule has 0 aliphatic carbocycles. The van der Waals surface area contributed by atoms with Crippen LogP contribution in [0.4, 0.5) is 0 Å². The van der Waals surface area contributed by atoms with E-state index in [9.17, 15) is 0 Å². The summed E-state index contributed by atoms with van der Waals surface area (Å²) in [5.74, 6) is 0. The Morgan fingerprint density at radius 2 is 1.80 bits per heavy atom. The van der Waals surface area contributed by atoms with E-state index in [0.717, 1.165) is 16.1 Å². The van der Waals surface area contributed by atoms with Crippen molar-refractivity contribution < 1.29 is 9.47 Å². The Bertz CT molecular complexity index is 306. The summed E-state index contributed by atoms with van der Waals surface area (Å²) in [5.41, 5.74) is 2.10. The summed E-state index contributed by atoms with van der Waals surface area (Å²) in [4.78, 5) is 0. The highest BCUT2D eigenvalue weighted by atomic mass is 35.5. The van der Waals surface area contributed by atoms with Crippen molar-refractivity contribution in [1.29, 1.82) is 0 Å². The first kappa shape index (κ1) is 12.5. The van der Waals surface area contributed by atoms with Crippen LogP contribution in [0.2, 0.25) is 5.02 Å². The fraction of sp³-hybridized carbons (Fsp3) is 0.500. The lowest BCUT2D eigenvalue weighted by Gasteiger charge is -2.10. The summed E-state index contributed by atoms with van der Waals surface area (Å²) in [6, 6.07) is 5.81. The highest BCUT2D eigenvalue weighted by molar-refractivity contribution is 6.31. The lowest BCUT2D eigenvalue weighted by atomic mass is 10.1. The molecule has 0 radical (unpaired) electrons. The molecule has 0 saturated carbocycles. The summed E-state index contributed by atoms with van der Waals surface area (Å²) in [6.45, 7) is 7.32. The standard InChI is InChI=1S/C10H11ClO2.C2H6/c1-7-6-8(2-3-9(7)11)10-12-4-5-13-10;1-2/h2-3,6,10H,4-5H2,1H3;1-2H3. The van der Waals surface area contributed by atoms with Gasteiger partial charge in [0.1, 0.15) is 0 Å². The first-order valence-electron chi connectivity index (χ1n) is 5.26. The molecule has 0 spiro atoms. The monoisotopic (exact) mass is 228 g/mol. The van der Waals surface area contributed by atoms with Gasteiger partial charge in [0.25, 0.3) is 0 Å². The van der Waals surface area contributed by atoms with Gasteiger partial charge >= 0.3 is 0 Å². The summed E-state index contributed by atoms with van der Waals surface area (Å²) in [6.07, 6.45) is -0.198. The third-order valence-corrected chi connectivity index (χ3v) is 2.50. The van der Waals surface area contributed by atoms with Crippen molar-refractivity contribution in [1.82, 2.24) is 0 Å². The van der Waals surface area contributed by atoms with Crippen LogP contribution < -0.4 is 0 Å². The molecule has 0 amide bonds. The van der Waals surface area contributed by atoms with Crippen molar-refractivity contribution in [3.05, 3.63) is 34.3 Å². The van der Waals surface area contributed by atoms with E-state index in [1.165, 1.54) is 0 Å². The Labute approximate surface area is 96.2 Å². The molecule has 1 aromatic carbocycles. The maximum Gasteiger partial charge on any atom is 0.184 e. The van der Waals surface area contributed by atoms with Gasteiger partial charge in [-0.25, -0.2) is 0 Å². The van der Waals surface area contributed by atoms with Crippen LogP contribution in [-0.4, -0.2) is 13.2 Å². The minimum absolute atomic E-state index is 0.198. The van der Waals surface area contributed by atoms with E-state index in [0.29, 0.717) is 13.2 Å². The molecule has 0 atom stereocenters. The van der Waals surface area contributed by atoms with Crippen LogP contribution >= 0.6 is 11.6 Å². The molecule has 2 nitrogen and oxygen atoms in total. The molecule has 1 aliphatic rings. The number of halogens is 1. The van der Waals surface area contributed by atoms with Crippen LogP contribution in [0, 0.1) is 6.92 Å². The minimum atomic E-state index is -0.198. The summed E-state index contributed by atoms with van der Waals surface area (Å²) < 4.78 is 10.7. The highest BCUT2D eigenvalue weighted by Crippen LogP contribution is 2.26. The van der Waals surface area contributed by atoms with Gasteiger partial charge in [0.05, 0.1) is 13.2 Å². The van der Waals surface area contributed by atoms with Gasteiger partial charge in [-0.15, -0.1) is 0 Å². The van der Waals surface area contributed by atoms with E-state index < -0.39 is 0 Å². The maximum atomic E-state index is 5.91. The zero-order chi connectivity index (χ0) is 11.3. The molecule has 1 fully saturated rings. The predicted molar refractivity (Wildman–Crippen MR) is 62.2 cm³/mol. The third-order valence-electron chi connectivity index (χ3n) is 2.08. The van der Waals surface area contributed by atoms with Gasteiger partial charge < -0.3 is 9.47 Å². The van der Waals surface area contributed by atoms with E-state index in [-0.39, 0.29) is 6.29 Å². The molecule has 15 heavy (non-hydrogen) atoms. The van der Waals surface area contributed by atoms with Crippen molar-refractivity contribution in [2.75, 3.05) is 13.2 Å². The third kappa shape index (κ3) is 3.20. The average molecular weight is 229 g/mol. The molecule has 0 N–H and O–H groups in total. The van der Waals surface area contributed by atoms with Crippen LogP contribution in [0.15, 0.2) is 18.2 Å². The van der Waals surface area contributed by atoms with Crippen molar-refractivity contribution in [3.8, 4) is 0 Å². The number of benzene rings is 1. The smallest absolute Gasteiger partial charge is 0.184 e. The number of aryl methyl sites for hydroxylation is 1. The van der Waals surface area contributed by atoms with E-state index in [1.807, 2.05) is 39.0 Å². The summed E-state index contributed by atoms with van der Waals surface area (Å²) in [7, 11) is 0. The number of ether oxygens (including phenoxy) is 2. The summed E-state index contributed by atoms with van der Waals surface area (Å²) in [5, 5.41) is 0.779. The Hall–Kier alpha value is -0.570. The second-order valence-electron chi connectivity index (χ2n) is 3.08. The number of hydrogen-bond acceptors (Lipinski definition) is 2. The van der Waals surface area contributed by atoms with Crippen LogP contribution in [0.3, 0.4) is 0 Å². The molecule has 0 aromatic heterocycles. The topological polar surface area (TPSA) is 18.5 Å². The maximum absolute atomic E-state index is 5.91. The molecule has 1 saturated heterocycles. The second-order valence-corrected chi connectivity index (χ2v) is 3.49. The van der Waals surface area contributed by atoms with Crippen LogP contribution in [0.5, 0.6) is 0 Å². The summed E-state index contributed by atoms with van der Waals surface area (Å²) >= 11 is 5.91. The van der Waals surface area contributed by atoms with Crippen molar-refractivity contribution >= 4 is 11.6 Å². The molecule has 1 aliphatic heterocycles. The normalized spacial score (nSPS) is 16.0. The lowest BCUT2D eigenvalue weighted by Crippen LogP contribution is -1.98. The van der Waals surface area contributed by atoms with Crippen molar-refractivity contribution in [2.24, 2.45) is 0 Å². The zero-order valence-corrected chi connectivity index (χ0v) is 10.2. The van der Waals surface area contributed by atoms with Gasteiger partial charge in [-0.2, -0.15) is 0 Å². The highest BCUT2D eigenvalue weighted by Gasteiger charge is 2.18. The average Bonchev–Trinajstić information content (AvgIpc) is 2.78. The Morgan fingerprint density at radius 3 is 2.33 bits per heavy atom. The molecular weight excluding hydrogens is 212 g/mol. The molecule has 0 unspecified atom stereocenters. The lowest BCUT2D eigenvalue weighted by molar-refractivity contribution is -0.0441. The fourth-order valence-electron chi connectivity index (χ4n) is 1.37. The van der Waals surface area contributed by atoms with Gasteiger partial charge in [0, 0.05) is 10.6 Å². The van der Waals surface area contributed by atoms with Crippen molar-refractivity contribution in [2.45, 2.75) is 27.1 Å². The van der Waals surface area contributed by atoms with Crippen LogP contribution in [-0.2, 0) is 9.47 Å². The predicted octanol–water partition coefficient (Wildman–Crippen LogP) is 3.72. The Balaban J connectivity index is 0.000000531. The van der Waals surface area contributed by atoms with Gasteiger partial charge in [0.2, 0.25) is 0 Å². The van der Waals surface area contributed by atoms with E-state index >= 15 is 0 Å². The molecule has 0 bridgehead atoms. The molecule has 1 aromatic rings. The Morgan fingerprint density at radius 1 is 1.20 bits per heavy atom. The van der Waals surface area contributed by atoms with Gasteiger partial charge in [0.15, 0.2) is 6.29 Å². The van der Waals surface area contributed by atoms with Gasteiger partial charge in [-0.1, -0.05) is 31.5 Å². The van der Waals surface area contributed by atoms with Crippen LogP contribution in [0.1, 0.15) is 31.3 Å². The van der Waals surface area contributed by atoms with Gasteiger partial charge in [-0.05, 0) is 24.6 Å². The fourth-order valence-corrected chi connectivity index (χ4v) is 1.48. The van der Waals surface area contributed by atoms with Crippen molar-refractivity contribution in [3.63, 3.8) is 0 Å². The molecule has 2 rings (SSSR count). The minimum Gasteiger partial charge on any atom is -0.346 e. The molecular formula is C12H17ClO2. The van der Waals surface area contributed by atoms with Crippen LogP contribution in [0.25, 0.3) is 0 Å². The quantitative estimate of drug-likeness (QED) is 0.730. The largest absolute Gasteiger partial charge is 0.346 e. The second kappa shape index (κ2) is 6.11. The first-order chi connectivity index (χ1) is 7.27. The number of hydrogen-bond donors (Lipinski definition) is 0. The molecule has 3 heteroatoms. The number of rotatable bonds is 1. The zero-order valence-electron chi connectivity index (χ0n) is 9.42. The Kier molecular flexibility index (Phi) is 5.09. The van der Waals surface area contributed by atoms with E-state index in [1.54, 1.807) is 0 Å². The van der Waals surface area contributed by atoms with Gasteiger partial charge in [-0.3, -0.25) is 0 Å². The van der Waals surface area contributed by atoms with E-state index in [2.05, 4.69) is 0 Å². The molecule has 1 heterocycles. The first-order valence-corrected chi connectivity index (χ1v) is 5.64. The SMILES string of the molecule is CC.Cc1cc(C2OCCO2)ccc1Cl. The molecule has 84 valence electrons. The van der Waals surface area contributed by atoms with E-state index in [4.69, 9.17) is 21.1 Å².